The Balaban J connectivity index is 1.85. The van der Waals surface area contributed by atoms with Gasteiger partial charge in [-0.15, -0.1) is 0 Å². The summed E-state index contributed by atoms with van der Waals surface area (Å²) in [5, 5.41) is 3.46. The lowest BCUT2D eigenvalue weighted by Crippen LogP contribution is -2.26. The SMILES string of the molecule is Fc1cccc(N2CCCC2)c1CC1CCCN1. The van der Waals surface area contributed by atoms with Crippen LogP contribution in [0.4, 0.5) is 10.1 Å². The first-order chi connectivity index (χ1) is 8.84. The van der Waals surface area contributed by atoms with Gasteiger partial charge in [0.25, 0.3) is 0 Å². The van der Waals surface area contributed by atoms with Crippen molar-refractivity contribution in [1.82, 2.24) is 5.32 Å². The van der Waals surface area contributed by atoms with Crippen molar-refractivity contribution >= 4 is 5.69 Å². The fourth-order valence-corrected chi connectivity index (χ4v) is 3.18. The molecule has 0 saturated carbocycles. The van der Waals surface area contributed by atoms with Crippen molar-refractivity contribution in [1.29, 1.82) is 0 Å². The molecule has 1 unspecified atom stereocenters. The Morgan fingerprint density at radius 2 is 2.06 bits per heavy atom. The highest BCUT2D eigenvalue weighted by Crippen LogP contribution is 2.28. The second kappa shape index (κ2) is 5.27. The topological polar surface area (TPSA) is 15.3 Å². The molecule has 2 aliphatic heterocycles. The summed E-state index contributed by atoms with van der Waals surface area (Å²) in [4.78, 5) is 2.34. The van der Waals surface area contributed by atoms with Crippen LogP contribution in [-0.2, 0) is 6.42 Å². The molecule has 0 amide bonds. The number of hydrogen-bond donors (Lipinski definition) is 1. The van der Waals surface area contributed by atoms with Crippen molar-refractivity contribution in [2.75, 3.05) is 24.5 Å². The minimum absolute atomic E-state index is 0.0342. The van der Waals surface area contributed by atoms with E-state index in [1.54, 1.807) is 6.07 Å². The van der Waals surface area contributed by atoms with Crippen LogP contribution in [0.2, 0.25) is 0 Å². The van der Waals surface area contributed by atoms with Crippen molar-refractivity contribution in [2.24, 2.45) is 0 Å². The molecule has 1 atom stereocenters. The van der Waals surface area contributed by atoms with Crippen LogP contribution < -0.4 is 10.2 Å². The number of rotatable bonds is 3. The zero-order chi connectivity index (χ0) is 12.4. The fourth-order valence-electron chi connectivity index (χ4n) is 3.18. The molecular weight excluding hydrogens is 227 g/mol. The fraction of sp³-hybridized carbons (Fsp3) is 0.600. The van der Waals surface area contributed by atoms with Gasteiger partial charge in [0.05, 0.1) is 0 Å². The summed E-state index contributed by atoms with van der Waals surface area (Å²) in [6.07, 6.45) is 5.69. The summed E-state index contributed by atoms with van der Waals surface area (Å²) in [5.74, 6) is -0.0342. The summed E-state index contributed by atoms with van der Waals surface area (Å²) < 4.78 is 14.1. The lowest BCUT2D eigenvalue weighted by atomic mass is 10.0. The average Bonchev–Trinajstić information content (AvgIpc) is 3.04. The van der Waals surface area contributed by atoms with Crippen molar-refractivity contribution in [2.45, 2.75) is 38.1 Å². The number of nitrogens with one attached hydrogen (secondary N) is 1. The first-order valence-corrected chi connectivity index (χ1v) is 7.10. The van der Waals surface area contributed by atoms with Crippen molar-refractivity contribution in [3.63, 3.8) is 0 Å². The van der Waals surface area contributed by atoms with Crippen LogP contribution in [0.5, 0.6) is 0 Å². The molecule has 98 valence electrons. The predicted molar refractivity (Wildman–Crippen MR) is 72.6 cm³/mol. The molecule has 3 rings (SSSR count). The van der Waals surface area contributed by atoms with Gasteiger partial charge in [-0.1, -0.05) is 6.07 Å². The van der Waals surface area contributed by atoms with E-state index in [2.05, 4.69) is 16.3 Å². The minimum Gasteiger partial charge on any atom is -0.371 e. The van der Waals surface area contributed by atoms with Gasteiger partial charge >= 0.3 is 0 Å². The second-order valence-corrected chi connectivity index (χ2v) is 5.43. The van der Waals surface area contributed by atoms with Crippen molar-refractivity contribution in [3.05, 3.63) is 29.6 Å². The van der Waals surface area contributed by atoms with Gasteiger partial charge in [-0.25, -0.2) is 4.39 Å². The molecule has 0 aromatic heterocycles. The van der Waals surface area contributed by atoms with Crippen LogP contribution in [0, 0.1) is 5.82 Å². The van der Waals surface area contributed by atoms with Crippen molar-refractivity contribution < 1.29 is 4.39 Å². The Labute approximate surface area is 108 Å². The molecule has 1 aromatic rings. The highest BCUT2D eigenvalue weighted by molar-refractivity contribution is 5.55. The molecule has 18 heavy (non-hydrogen) atoms. The van der Waals surface area contributed by atoms with E-state index in [9.17, 15) is 4.39 Å². The molecule has 0 aliphatic carbocycles. The first-order valence-electron chi connectivity index (χ1n) is 7.10. The lowest BCUT2D eigenvalue weighted by molar-refractivity contribution is 0.560. The summed E-state index contributed by atoms with van der Waals surface area (Å²) >= 11 is 0. The Hall–Kier alpha value is -1.09. The highest BCUT2D eigenvalue weighted by Gasteiger charge is 2.22. The lowest BCUT2D eigenvalue weighted by Gasteiger charge is -2.23. The Bertz CT molecular complexity index is 407. The summed E-state index contributed by atoms with van der Waals surface area (Å²) in [6.45, 7) is 3.24. The third-order valence-corrected chi connectivity index (χ3v) is 4.15. The van der Waals surface area contributed by atoms with E-state index in [0.29, 0.717) is 6.04 Å². The smallest absolute Gasteiger partial charge is 0.128 e. The third kappa shape index (κ3) is 2.37. The zero-order valence-electron chi connectivity index (χ0n) is 10.8. The molecule has 2 heterocycles. The van der Waals surface area contributed by atoms with Gasteiger partial charge in [-0.05, 0) is 50.8 Å². The maximum atomic E-state index is 14.1. The Morgan fingerprint density at radius 3 is 2.78 bits per heavy atom. The molecule has 1 aromatic carbocycles. The maximum Gasteiger partial charge on any atom is 0.128 e. The molecule has 3 heteroatoms. The number of halogens is 1. The molecule has 2 nitrogen and oxygen atoms in total. The van der Waals surface area contributed by atoms with Crippen LogP contribution in [0.25, 0.3) is 0 Å². The standard InChI is InChI=1S/C15H21FN2/c16-14-6-3-7-15(18-9-1-2-10-18)13(14)11-12-5-4-8-17-12/h3,6-7,12,17H,1-2,4-5,8-11H2. The average molecular weight is 248 g/mol. The molecular formula is C15H21FN2. The van der Waals surface area contributed by atoms with Gasteiger partial charge in [0.1, 0.15) is 5.82 Å². The number of hydrogen-bond acceptors (Lipinski definition) is 2. The van der Waals surface area contributed by atoms with Crippen LogP contribution in [0.15, 0.2) is 18.2 Å². The van der Waals surface area contributed by atoms with E-state index < -0.39 is 0 Å². The van der Waals surface area contributed by atoms with Gasteiger partial charge in [-0.3, -0.25) is 0 Å². The van der Waals surface area contributed by atoms with Gasteiger partial charge in [0.2, 0.25) is 0 Å². The molecule has 2 saturated heterocycles. The number of benzene rings is 1. The van der Waals surface area contributed by atoms with Crippen LogP contribution >= 0.6 is 0 Å². The second-order valence-electron chi connectivity index (χ2n) is 5.43. The summed E-state index contributed by atoms with van der Waals surface area (Å²) in [6, 6.07) is 5.99. The van der Waals surface area contributed by atoms with Gasteiger partial charge in [0.15, 0.2) is 0 Å². The van der Waals surface area contributed by atoms with Crippen LogP contribution in [0.3, 0.4) is 0 Å². The van der Waals surface area contributed by atoms with E-state index in [0.717, 1.165) is 37.3 Å². The maximum absolute atomic E-state index is 14.1. The van der Waals surface area contributed by atoms with E-state index in [-0.39, 0.29) is 5.82 Å². The Kier molecular flexibility index (Phi) is 3.50. The zero-order valence-corrected chi connectivity index (χ0v) is 10.8. The molecule has 0 radical (unpaired) electrons. The Morgan fingerprint density at radius 1 is 1.22 bits per heavy atom. The minimum atomic E-state index is -0.0342. The molecule has 1 N–H and O–H groups in total. The van der Waals surface area contributed by atoms with E-state index in [1.807, 2.05) is 6.07 Å². The van der Waals surface area contributed by atoms with Crippen molar-refractivity contribution in [3.8, 4) is 0 Å². The quantitative estimate of drug-likeness (QED) is 0.885. The summed E-state index contributed by atoms with van der Waals surface area (Å²) in [5.41, 5.74) is 2.04. The van der Waals surface area contributed by atoms with Gasteiger partial charge < -0.3 is 10.2 Å². The molecule has 0 bridgehead atoms. The predicted octanol–water partition coefficient (Wildman–Crippen LogP) is 2.72. The monoisotopic (exact) mass is 248 g/mol. The third-order valence-electron chi connectivity index (χ3n) is 4.15. The molecule has 2 fully saturated rings. The highest BCUT2D eigenvalue weighted by atomic mass is 19.1. The summed E-state index contributed by atoms with van der Waals surface area (Å²) in [7, 11) is 0. The van der Waals surface area contributed by atoms with E-state index >= 15 is 0 Å². The first kappa shape index (κ1) is 12.0. The number of nitrogens with zero attached hydrogens (tertiary/aromatic N) is 1. The van der Waals surface area contributed by atoms with Gasteiger partial charge in [-0.2, -0.15) is 0 Å². The van der Waals surface area contributed by atoms with E-state index in [4.69, 9.17) is 0 Å². The molecule has 0 spiro atoms. The van der Waals surface area contributed by atoms with Gasteiger partial charge in [0, 0.05) is 30.4 Å². The number of anilines is 1. The van der Waals surface area contributed by atoms with Crippen LogP contribution in [0.1, 0.15) is 31.2 Å². The molecule has 2 aliphatic rings. The largest absolute Gasteiger partial charge is 0.371 e. The van der Waals surface area contributed by atoms with Crippen LogP contribution in [-0.4, -0.2) is 25.7 Å². The normalized spacial score (nSPS) is 23.8. The van der Waals surface area contributed by atoms with E-state index in [1.165, 1.54) is 25.7 Å².